The highest BCUT2D eigenvalue weighted by Crippen LogP contribution is 2.31. The minimum Gasteiger partial charge on any atom is -0.478 e. The number of halogens is 3. The van der Waals surface area contributed by atoms with Crippen LogP contribution in [-0.4, -0.2) is 47.3 Å². The lowest BCUT2D eigenvalue weighted by atomic mass is 9.95. The highest BCUT2D eigenvalue weighted by molar-refractivity contribution is 6.05. The van der Waals surface area contributed by atoms with Crippen LogP contribution >= 0.6 is 0 Å². The average Bonchev–Trinajstić information content (AvgIpc) is 2.89. The zero-order chi connectivity index (χ0) is 28.7. The maximum Gasteiger partial charge on any atom is 0.490 e. The van der Waals surface area contributed by atoms with E-state index in [1.807, 2.05) is 31.2 Å². The molecule has 4 rings (SSSR count). The molecular weight excluding hydrogens is 513 g/mol. The van der Waals surface area contributed by atoms with Crippen LogP contribution in [-0.2, 0) is 4.79 Å². The molecule has 3 aromatic rings. The van der Waals surface area contributed by atoms with E-state index in [0.29, 0.717) is 23.5 Å². The number of carbonyl (C=O) groups excluding carboxylic acids is 1. The summed E-state index contributed by atoms with van der Waals surface area (Å²) >= 11 is 0. The number of hydrogen-bond donors (Lipinski definition) is 3. The second-order valence-corrected chi connectivity index (χ2v) is 8.90. The van der Waals surface area contributed by atoms with Crippen LogP contribution in [0.3, 0.4) is 0 Å². The lowest BCUT2D eigenvalue weighted by molar-refractivity contribution is -0.192. The molecule has 0 spiro atoms. The maximum absolute atomic E-state index is 12.6. The molecule has 204 valence electrons. The number of carboxylic acid groups (broad SMARTS) is 2. The molecule has 0 atom stereocenters. The summed E-state index contributed by atoms with van der Waals surface area (Å²) in [6.45, 7) is 5.40. The van der Waals surface area contributed by atoms with Crippen molar-refractivity contribution in [3.8, 4) is 0 Å². The number of carboxylic acids is 2. The van der Waals surface area contributed by atoms with Gasteiger partial charge in [-0.15, -0.1) is 0 Å². The molecular formula is C29H27F3N2O5. The Morgan fingerprint density at radius 1 is 0.923 bits per heavy atom. The van der Waals surface area contributed by atoms with Gasteiger partial charge in [0.2, 0.25) is 0 Å². The third kappa shape index (κ3) is 7.70. The van der Waals surface area contributed by atoms with E-state index >= 15 is 0 Å². The molecule has 0 fully saturated rings. The number of carbonyl (C=O) groups is 3. The number of benzene rings is 3. The zero-order valence-electron chi connectivity index (χ0n) is 21.2. The summed E-state index contributed by atoms with van der Waals surface area (Å²) in [5.74, 6) is -4.03. The number of alkyl halides is 3. The summed E-state index contributed by atoms with van der Waals surface area (Å²) in [6.07, 6.45) is -2.07. The van der Waals surface area contributed by atoms with Crippen LogP contribution in [0.4, 0.5) is 24.5 Å². The molecule has 1 aliphatic rings. The van der Waals surface area contributed by atoms with E-state index in [2.05, 4.69) is 35.3 Å². The molecule has 39 heavy (non-hydrogen) atoms. The Morgan fingerprint density at radius 3 is 2.18 bits per heavy atom. The number of hydrogen-bond acceptors (Lipinski definition) is 4. The Bertz CT molecular complexity index is 1420. The third-order valence-corrected chi connectivity index (χ3v) is 6.05. The topological polar surface area (TPSA) is 107 Å². The summed E-state index contributed by atoms with van der Waals surface area (Å²) in [5, 5.41) is 19.8. The summed E-state index contributed by atoms with van der Waals surface area (Å²) in [7, 11) is 0. The van der Waals surface area contributed by atoms with Crippen molar-refractivity contribution < 1.29 is 37.8 Å². The Labute approximate surface area is 223 Å². The average molecular weight is 541 g/mol. The second-order valence-electron chi connectivity index (χ2n) is 8.90. The lowest BCUT2D eigenvalue weighted by Gasteiger charge is -2.30. The first-order valence-electron chi connectivity index (χ1n) is 11.9. The molecule has 1 aliphatic heterocycles. The third-order valence-electron chi connectivity index (χ3n) is 6.05. The van der Waals surface area contributed by atoms with Crippen molar-refractivity contribution in [1.29, 1.82) is 0 Å². The normalized spacial score (nSPS) is 13.1. The molecule has 1 heterocycles. The first kappa shape index (κ1) is 29.0. The minimum absolute atomic E-state index is 0.180. The number of nitrogens with zero attached hydrogens (tertiary/aromatic N) is 1. The molecule has 0 saturated carbocycles. The highest BCUT2D eigenvalue weighted by atomic mass is 19.4. The van der Waals surface area contributed by atoms with Crippen molar-refractivity contribution in [2.75, 3.05) is 23.3 Å². The van der Waals surface area contributed by atoms with E-state index in [0.717, 1.165) is 18.5 Å². The van der Waals surface area contributed by atoms with Gasteiger partial charge in [-0.05, 0) is 67.3 Å². The standard InChI is InChI=1S/C27H26N2O3.C2HF3O2/c1-18-6-5-8-21(16-18)26(30)28-22-10-11-25(24(17-22)27(31)32)29-14-12-20(13-15-29)23-9-4-3-7-19(23)2;3-2(4,5)1(6)7/h3-12,16-17H,13-15H2,1-2H3,(H,28,30)(H,31,32);(H,6,7). The van der Waals surface area contributed by atoms with E-state index in [4.69, 9.17) is 9.90 Å². The van der Waals surface area contributed by atoms with Gasteiger partial charge in [0.05, 0.1) is 11.3 Å². The van der Waals surface area contributed by atoms with Gasteiger partial charge in [-0.3, -0.25) is 4.79 Å². The van der Waals surface area contributed by atoms with Crippen molar-refractivity contribution in [1.82, 2.24) is 0 Å². The Morgan fingerprint density at radius 2 is 1.62 bits per heavy atom. The Hall–Kier alpha value is -4.60. The van der Waals surface area contributed by atoms with E-state index < -0.39 is 18.1 Å². The van der Waals surface area contributed by atoms with Crippen LogP contribution in [0, 0.1) is 13.8 Å². The molecule has 10 heteroatoms. The van der Waals surface area contributed by atoms with Gasteiger partial charge >= 0.3 is 18.1 Å². The van der Waals surface area contributed by atoms with Crippen molar-refractivity contribution in [3.63, 3.8) is 0 Å². The van der Waals surface area contributed by atoms with Crippen LogP contribution in [0.25, 0.3) is 5.57 Å². The van der Waals surface area contributed by atoms with Crippen molar-refractivity contribution in [3.05, 3.63) is 101 Å². The number of aromatic carboxylic acids is 1. The fourth-order valence-corrected chi connectivity index (χ4v) is 4.12. The van der Waals surface area contributed by atoms with Crippen LogP contribution in [0.2, 0.25) is 0 Å². The number of anilines is 2. The van der Waals surface area contributed by atoms with Crippen LogP contribution in [0.15, 0.2) is 72.8 Å². The largest absolute Gasteiger partial charge is 0.490 e. The van der Waals surface area contributed by atoms with Crippen molar-refractivity contribution in [2.24, 2.45) is 0 Å². The fourth-order valence-electron chi connectivity index (χ4n) is 4.12. The molecule has 3 N–H and O–H groups in total. The van der Waals surface area contributed by atoms with E-state index in [1.54, 1.807) is 24.3 Å². The quantitative estimate of drug-likeness (QED) is 0.357. The monoisotopic (exact) mass is 540 g/mol. The Kier molecular flexibility index (Phi) is 9.13. The Balaban J connectivity index is 0.000000532. The molecule has 3 aromatic carbocycles. The van der Waals surface area contributed by atoms with Crippen LogP contribution < -0.4 is 10.2 Å². The first-order chi connectivity index (χ1) is 18.4. The molecule has 0 unspecified atom stereocenters. The van der Waals surface area contributed by atoms with Gasteiger partial charge in [-0.2, -0.15) is 13.2 Å². The molecule has 0 aliphatic carbocycles. The number of aliphatic carboxylic acids is 1. The van der Waals surface area contributed by atoms with Gasteiger partial charge in [0, 0.05) is 24.3 Å². The van der Waals surface area contributed by atoms with Gasteiger partial charge in [0.1, 0.15) is 0 Å². The van der Waals surface area contributed by atoms with Gasteiger partial charge in [-0.1, -0.05) is 48.0 Å². The summed E-state index contributed by atoms with van der Waals surface area (Å²) in [4.78, 5) is 35.5. The molecule has 1 amide bonds. The van der Waals surface area contributed by atoms with Crippen molar-refractivity contribution in [2.45, 2.75) is 26.4 Å². The van der Waals surface area contributed by atoms with Crippen molar-refractivity contribution >= 4 is 34.8 Å². The molecule has 0 aromatic heterocycles. The van der Waals surface area contributed by atoms with E-state index in [1.165, 1.54) is 22.8 Å². The molecule has 0 saturated heterocycles. The molecule has 0 bridgehead atoms. The maximum atomic E-state index is 12.6. The predicted molar refractivity (Wildman–Crippen MR) is 142 cm³/mol. The zero-order valence-corrected chi connectivity index (χ0v) is 21.2. The smallest absolute Gasteiger partial charge is 0.478 e. The lowest BCUT2D eigenvalue weighted by Crippen LogP contribution is -2.30. The number of nitrogens with one attached hydrogen (secondary N) is 1. The van der Waals surface area contributed by atoms with Gasteiger partial charge in [-0.25, -0.2) is 9.59 Å². The van der Waals surface area contributed by atoms with E-state index in [-0.39, 0.29) is 11.5 Å². The van der Waals surface area contributed by atoms with Crippen LogP contribution in [0.5, 0.6) is 0 Å². The summed E-state index contributed by atoms with van der Waals surface area (Å²) in [6, 6.07) is 20.7. The SMILES string of the molecule is Cc1cccc(C(=O)Nc2ccc(N3CC=C(c4ccccc4C)CC3)c(C(=O)O)c2)c1.O=C(O)C(F)(F)F. The number of amides is 1. The van der Waals surface area contributed by atoms with Gasteiger partial charge < -0.3 is 20.4 Å². The van der Waals surface area contributed by atoms with E-state index in [9.17, 15) is 27.9 Å². The predicted octanol–water partition coefficient (Wildman–Crippen LogP) is 6.18. The van der Waals surface area contributed by atoms with Crippen LogP contribution in [0.1, 0.15) is 43.8 Å². The molecule has 0 radical (unpaired) electrons. The molecule has 7 nitrogen and oxygen atoms in total. The van der Waals surface area contributed by atoms with Gasteiger partial charge in [0.15, 0.2) is 0 Å². The fraction of sp³-hybridized carbons (Fsp3) is 0.207. The van der Waals surface area contributed by atoms with Gasteiger partial charge in [0.25, 0.3) is 5.91 Å². The number of aryl methyl sites for hydroxylation is 2. The highest BCUT2D eigenvalue weighted by Gasteiger charge is 2.38. The minimum atomic E-state index is -5.08. The summed E-state index contributed by atoms with van der Waals surface area (Å²) in [5.41, 5.74) is 6.61. The number of rotatable bonds is 5. The summed E-state index contributed by atoms with van der Waals surface area (Å²) < 4.78 is 31.7. The first-order valence-corrected chi connectivity index (χ1v) is 11.9. The second kappa shape index (κ2) is 12.3.